The second-order valence-corrected chi connectivity index (χ2v) is 4.94. The van der Waals surface area contributed by atoms with Crippen LogP contribution in [0.1, 0.15) is 18.3 Å². The van der Waals surface area contributed by atoms with Crippen molar-refractivity contribution in [3.8, 4) is 16.9 Å². The predicted octanol–water partition coefficient (Wildman–Crippen LogP) is 2.35. The molecule has 108 valence electrons. The average Bonchev–Trinajstić information content (AvgIpc) is 3.00. The highest BCUT2D eigenvalue weighted by Crippen LogP contribution is 2.30. The van der Waals surface area contributed by atoms with E-state index in [9.17, 15) is 0 Å². The van der Waals surface area contributed by atoms with Gasteiger partial charge in [0, 0.05) is 30.2 Å². The van der Waals surface area contributed by atoms with Gasteiger partial charge in [-0.05, 0) is 32.9 Å². The Balaban J connectivity index is 2.13. The minimum absolute atomic E-state index is 0.647. The van der Waals surface area contributed by atoms with Gasteiger partial charge in [-0.3, -0.25) is 9.67 Å². The third kappa shape index (κ3) is 2.18. The molecule has 0 spiro atoms. The highest BCUT2D eigenvalue weighted by molar-refractivity contribution is 5.76. The molecule has 21 heavy (non-hydrogen) atoms. The Kier molecular flexibility index (Phi) is 3.21. The third-order valence-corrected chi connectivity index (χ3v) is 3.59. The minimum Gasteiger partial charge on any atom is -0.396 e. The molecule has 0 aliphatic rings. The van der Waals surface area contributed by atoms with Crippen molar-refractivity contribution in [2.75, 3.05) is 5.73 Å². The number of nitrogen functional groups attached to an aromatic ring is 1. The first-order valence-corrected chi connectivity index (χ1v) is 6.91. The van der Waals surface area contributed by atoms with Crippen LogP contribution in [0.3, 0.4) is 0 Å². The van der Waals surface area contributed by atoms with E-state index in [2.05, 4.69) is 22.1 Å². The molecule has 0 saturated carbocycles. The molecule has 0 radical (unpaired) electrons. The Morgan fingerprint density at radius 1 is 1.14 bits per heavy atom. The van der Waals surface area contributed by atoms with Crippen LogP contribution in [0, 0.1) is 13.8 Å². The van der Waals surface area contributed by atoms with Crippen molar-refractivity contribution in [3.05, 3.63) is 42.1 Å². The van der Waals surface area contributed by atoms with Crippen LogP contribution in [0.25, 0.3) is 16.9 Å². The van der Waals surface area contributed by atoms with Crippen LogP contribution in [0.5, 0.6) is 0 Å². The molecule has 0 unspecified atom stereocenters. The standard InChI is InChI=1S/C15H18N6/c1-4-20-11(3)14(10(2)18-20)15-13(16)9-21(19-15)12-5-7-17-8-6-12/h5-9H,4,16H2,1-3H3. The van der Waals surface area contributed by atoms with Gasteiger partial charge in [0.2, 0.25) is 0 Å². The van der Waals surface area contributed by atoms with E-state index in [1.165, 1.54) is 0 Å². The summed E-state index contributed by atoms with van der Waals surface area (Å²) in [6.07, 6.45) is 5.30. The maximum atomic E-state index is 6.16. The molecule has 6 nitrogen and oxygen atoms in total. The Morgan fingerprint density at radius 2 is 1.86 bits per heavy atom. The van der Waals surface area contributed by atoms with Crippen LogP contribution in [-0.4, -0.2) is 24.5 Å². The highest BCUT2D eigenvalue weighted by Gasteiger charge is 2.18. The predicted molar refractivity (Wildman–Crippen MR) is 82.1 cm³/mol. The van der Waals surface area contributed by atoms with Crippen molar-refractivity contribution in [2.24, 2.45) is 0 Å². The Bertz CT molecular complexity index is 769. The van der Waals surface area contributed by atoms with E-state index in [1.807, 2.05) is 36.9 Å². The molecule has 3 aromatic rings. The molecule has 3 heterocycles. The monoisotopic (exact) mass is 282 g/mol. The topological polar surface area (TPSA) is 74.5 Å². The van der Waals surface area contributed by atoms with Gasteiger partial charge in [-0.15, -0.1) is 0 Å². The first-order chi connectivity index (χ1) is 10.1. The van der Waals surface area contributed by atoms with Gasteiger partial charge in [-0.25, -0.2) is 4.68 Å². The van der Waals surface area contributed by atoms with Crippen LogP contribution < -0.4 is 5.73 Å². The highest BCUT2D eigenvalue weighted by atomic mass is 15.3. The molecule has 3 aromatic heterocycles. The fourth-order valence-corrected chi connectivity index (χ4v) is 2.56. The van der Waals surface area contributed by atoms with Crippen LogP contribution in [-0.2, 0) is 6.54 Å². The lowest BCUT2D eigenvalue weighted by Crippen LogP contribution is -1.99. The van der Waals surface area contributed by atoms with E-state index in [0.717, 1.165) is 34.9 Å². The molecular formula is C15H18N6. The van der Waals surface area contributed by atoms with Crippen LogP contribution in [0.4, 0.5) is 5.69 Å². The van der Waals surface area contributed by atoms with Gasteiger partial charge in [0.25, 0.3) is 0 Å². The molecule has 0 saturated heterocycles. The van der Waals surface area contributed by atoms with E-state index in [4.69, 9.17) is 5.73 Å². The number of aromatic nitrogens is 5. The number of nitrogens with zero attached hydrogens (tertiary/aromatic N) is 5. The first-order valence-electron chi connectivity index (χ1n) is 6.91. The number of anilines is 1. The average molecular weight is 282 g/mol. The molecule has 0 bridgehead atoms. The lowest BCUT2D eigenvalue weighted by molar-refractivity contribution is 0.634. The number of rotatable bonds is 3. The van der Waals surface area contributed by atoms with E-state index in [0.29, 0.717) is 5.69 Å². The molecular weight excluding hydrogens is 264 g/mol. The summed E-state index contributed by atoms with van der Waals surface area (Å²) in [4.78, 5) is 4.02. The van der Waals surface area contributed by atoms with Crippen LogP contribution in [0.2, 0.25) is 0 Å². The molecule has 0 atom stereocenters. The van der Waals surface area contributed by atoms with Gasteiger partial charge in [-0.1, -0.05) is 0 Å². The summed E-state index contributed by atoms with van der Waals surface area (Å²) in [6, 6.07) is 3.79. The summed E-state index contributed by atoms with van der Waals surface area (Å²) in [5.74, 6) is 0. The van der Waals surface area contributed by atoms with Crippen molar-refractivity contribution in [2.45, 2.75) is 27.3 Å². The zero-order valence-corrected chi connectivity index (χ0v) is 12.4. The maximum Gasteiger partial charge on any atom is 0.119 e. The number of nitrogens with two attached hydrogens (primary N) is 1. The molecule has 3 rings (SSSR count). The van der Waals surface area contributed by atoms with Crippen LogP contribution >= 0.6 is 0 Å². The summed E-state index contributed by atoms with van der Waals surface area (Å²) in [7, 11) is 0. The summed E-state index contributed by atoms with van der Waals surface area (Å²) in [6.45, 7) is 6.93. The summed E-state index contributed by atoms with van der Waals surface area (Å²) < 4.78 is 3.74. The molecule has 0 aliphatic heterocycles. The maximum absolute atomic E-state index is 6.16. The summed E-state index contributed by atoms with van der Waals surface area (Å²) >= 11 is 0. The van der Waals surface area contributed by atoms with Crippen molar-refractivity contribution >= 4 is 5.69 Å². The largest absolute Gasteiger partial charge is 0.396 e. The smallest absolute Gasteiger partial charge is 0.119 e. The number of hydrogen-bond acceptors (Lipinski definition) is 4. The van der Waals surface area contributed by atoms with Crippen molar-refractivity contribution in [1.82, 2.24) is 24.5 Å². The lowest BCUT2D eigenvalue weighted by atomic mass is 10.1. The van der Waals surface area contributed by atoms with Gasteiger partial charge >= 0.3 is 0 Å². The van der Waals surface area contributed by atoms with Crippen LogP contribution in [0.15, 0.2) is 30.7 Å². The molecule has 0 fully saturated rings. The normalized spacial score (nSPS) is 11.0. The van der Waals surface area contributed by atoms with E-state index in [1.54, 1.807) is 17.1 Å². The fourth-order valence-electron chi connectivity index (χ4n) is 2.56. The van der Waals surface area contributed by atoms with Crippen molar-refractivity contribution in [3.63, 3.8) is 0 Å². The van der Waals surface area contributed by atoms with Gasteiger partial charge in [0.05, 0.1) is 23.3 Å². The molecule has 0 aromatic carbocycles. The SMILES string of the molecule is CCn1nc(C)c(-c2nn(-c3ccncc3)cc2N)c1C. The third-order valence-electron chi connectivity index (χ3n) is 3.59. The quantitative estimate of drug-likeness (QED) is 0.800. The Hall–Kier alpha value is -2.63. The summed E-state index contributed by atoms with van der Waals surface area (Å²) in [5, 5.41) is 9.16. The second-order valence-electron chi connectivity index (χ2n) is 4.94. The zero-order chi connectivity index (χ0) is 15.0. The van der Waals surface area contributed by atoms with E-state index >= 15 is 0 Å². The minimum atomic E-state index is 0.647. The number of pyridine rings is 1. The van der Waals surface area contributed by atoms with Crippen molar-refractivity contribution < 1.29 is 0 Å². The first kappa shape index (κ1) is 13.4. The Morgan fingerprint density at radius 3 is 2.48 bits per heavy atom. The lowest BCUT2D eigenvalue weighted by Gasteiger charge is -2.01. The molecule has 0 amide bonds. The van der Waals surface area contributed by atoms with Gasteiger partial charge in [-0.2, -0.15) is 10.2 Å². The second kappa shape index (κ2) is 5.05. The molecule has 0 aliphatic carbocycles. The van der Waals surface area contributed by atoms with Gasteiger partial charge in [0.1, 0.15) is 5.69 Å². The Labute approximate surface area is 123 Å². The van der Waals surface area contributed by atoms with Gasteiger partial charge in [0.15, 0.2) is 0 Å². The fraction of sp³-hybridized carbons (Fsp3) is 0.267. The van der Waals surface area contributed by atoms with Gasteiger partial charge < -0.3 is 5.73 Å². The zero-order valence-electron chi connectivity index (χ0n) is 12.4. The molecule has 2 N–H and O–H groups in total. The van der Waals surface area contributed by atoms with Crippen molar-refractivity contribution in [1.29, 1.82) is 0 Å². The van der Waals surface area contributed by atoms with E-state index < -0.39 is 0 Å². The molecule has 6 heteroatoms. The number of hydrogen-bond donors (Lipinski definition) is 1. The van der Waals surface area contributed by atoms with E-state index in [-0.39, 0.29) is 0 Å². The summed E-state index contributed by atoms with van der Waals surface area (Å²) in [5.41, 5.74) is 11.6. The number of aryl methyl sites for hydroxylation is 2.